The highest BCUT2D eigenvalue weighted by atomic mass is 35.5. The second-order valence-corrected chi connectivity index (χ2v) is 6.24. The second-order valence-electron chi connectivity index (χ2n) is 5.84. The van der Waals surface area contributed by atoms with Crippen LogP contribution >= 0.6 is 11.6 Å². The first-order valence-corrected chi connectivity index (χ1v) is 7.68. The number of benzene rings is 1. The predicted molar refractivity (Wildman–Crippen MR) is 82.7 cm³/mol. The van der Waals surface area contributed by atoms with E-state index < -0.39 is 5.54 Å². The highest BCUT2D eigenvalue weighted by molar-refractivity contribution is 6.31. The molecule has 1 aliphatic carbocycles. The molecule has 112 valence electrons. The molecule has 0 amide bonds. The highest BCUT2D eigenvalue weighted by Crippen LogP contribution is 2.47. The molecule has 0 bridgehead atoms. The lowest BCUT2D eigenvalue weighted by Crippen LogP contribution is -2.39. The summed E-state index contributed by atoms with van der Waals surface area (Å²) in [6, 6.07) is 3.70. The number of ether oxygens (including phenoxy) is 2. The molecule has 0 spiro atoms. The van der Waals surface area contributed by atoms with Crippen LogP contribution in [0.1, 0.15) is 51.5 Å². The van der Waals surface area contributed by atoms with Crippen molar-refractivity contribution in [2.24, 2.45) is 5.73 Å². The van der Waals surface area contributed by atoms with Crippen molar-refractivity contribution in [2.45, 2.75) is 57.6 Å². The molecule has 1 aromatic rings. The summed E-state index contributed by atoms with van der Waals surface area (Å²) >= 11 is 6.45. The first-order valence-electron chi connectivity index (χ1n) is 7.30. The molecule has 0 unspecified atom stereocenters. The molecular weight excluding hydrogens is 274 g/mol. The van der Waals surface area contributed by atoms with Gasteiger partial charge in [0.15, 0.2) is 11.5 Å². The zero-order valence-corrected chi connectivity index (χ0v) is 13.3. The van der Waals surface area contributed by atoms with Crippen LogP contribution in [0.25, 0.3) is 0 Å². The van der Waals surface area contributed by atoms with E-state index in [1.54, 1.807) is 7.11 Å². The molecule has 20 heavy (non-hydrogen) atoms. The van der Waals surface area contributed by atoms with Crippen LogP contribution in [-0.2, 0) is 5.54 Å². The van der Waals surface area contributed by atoms with Crippen molar-refractivity contribution in [3.05, 3.63) is 22.7 Å². The summed E-state index contributed by atoms with van der Waals surface area (Å²) < 4.78 is 11.4. The van der Waals surface area contributed by atoms with Gasteiger partial charge in [-0.15, -0.1) is 0 Å². The van der Waals surface area contributed by atoms with Gasteiger partial charge in [-0.25, -0.2) is 0 Å². The quantitative estimate of drug-likeness (QED) is 0.903. The van der Waals surface area contributed by atoms with E-state index in [0.29, 0.717) is 16.5 Å². The normalized spacial score (nSPS) is 18.1. The van der Waals surface area contributed by atoms with Crippen LogP contribution in [0.5, 0.6) is 11.5 Å². The van der Waals surface area contributed by atoms with E-state index in [9.17, 15) is 0 Å². The third-order valence-electron chi connectivity index (χ3n) is 3.89. The van der Waals surface area contributed by atoms with Crippen molar-refractivity contribution in [1.82, 2.24) is 0 Å². The maximum Gasteiger partial charge on any atom is 0.168 e. The molecule has 0 radical (unpaired) electrons. The number of rotatable bonds is 4. The van der Waals surface area contributed by atoms with E-state index in [0.717, 1.165) is 31.2 Å². The molecule has 2 rings (SSSR count). The number of nitrogens with two attached hydrogens (primary N) is 1. The lowest BCUT2D eigenvalue weighted by Gasteiger charge is -2.36. The van der Waals surface area contributed by atoms with Gasteiger partial charge < -0.3 is 15.2 Å². The van der Waals surface area contributed by atoms with Crippen molar-refractivity contribution in [3.8, 4) is 11.5 Å². The Hall–Kier alpha value is -0.930. The Morgan fingerprint density at radius 2 is 1.85 bits per heavy atom. The minimum absolute atomic E-state index is 0.0494. The summed E-state index contributed by atoms with van der Waals surface area (Å²) in [4.78, 5) is 0. The summed E-state index contributed by atoms with van der Waals surface area (Å²) in [5, 5.41) is 0.672. The van der Waals surface area contributed by atoms with Crippen LogP contribution in [0.15, 0.2) is 12.1 Å². The third-order valence-corrected chi connectivity index (χ3v) is 4.20. The fourth-order valence-electron chi connectivity index (χ4n) is 2.95. The summed E-state index contributed by atoms with van der Waals surface area (Å²) in [6.07, 6.45) is 5.42. The van der Waals surface area contributed by atoms with Crippen LogP contribution in [0.3, 0.4) is 0 Å². The Labute approximate surface area is 126 Å². The lowest BCUT2D eigenvalue weighted by atomic mass is 9.77. The average Bonchev–Trinajstić information content (AvgIpc) is 2.39. The molecule has 0 aromatic heterocycles. The van der Waals surface area contributed by atoms with Gasteiger partial charge in [-0.2, -0.15) is 0 Å². The van der Waals surface area contributed by atoms with Crippen molar-refractivity contribution in [1.29, 1.82) is 0 Å². The number of hydrogen-bond acceptors (Lipinski definition) is 3. The Morgan fingerprint density at radius 3 is 2.40 bits per heavy atom. The van der Waals surface area contributed by atoms with Gasteiger partial charge in [-0.3, -0.25) is 0 Å². The van der Waals surface area contributed by atoms with Crippen molar-refractivity contribution >= 4 is 11.6 Å². The van der Waals surface area contributed by atoms with Crippen LogP contribution in [0.2, 0.25) is 5.02 Å². The Kier molecular flexibility index (Phi) is 4.82. The van der Waals surface area contributed by atoms with Crippen LogP contribution in [0.4, 0.5) is 0 Å². The monoisotopic (exact) mass is 297 g/mol. The maximum absolute atomic E-state index is 6.66. The molecule has 4 heteroatoms. The van der Waals surface area contributed by atoms with Gasteiger partial charge in [0.1, 0.15) is 0 Å². The van der Waals surface area contributed by atoms with Gasteiger partial charge in [0.05, 0.1) is 13.2 Å². The lowest BCUT2D eigenvalue weighted by molar-refractivity contribution is 0.214. The van der Waals surface area contributed by atoms with Gasteiger partial charge in [0.25, 0.3) is 0 Å². The zero-order valence-electron chi connectivity index (χ0n) is 12.5. The van der Waals surface area contributed by atoms with Gasteiger partial charge in [-0.1, -0.05) is 30.9 Å². The standard InChI is InChI=1S/C16H24ClNO2/c1-11(2)20-15-13(19-3)8-7-12(17)14(15)16(18)9-5-4-6-10-16/h7-8,11H,4-6,9-10,18H2,1-3H3. The summed E-state index contributed by atoms with van der Waals surface area (Å²) in [5.74, 6) is 1.41. The number of hydrogen-bond donors (Lipinski definition) is 1. The van der Waals surface area contributed by atoms with Crippen LogP contribution < -0.4 is 15.2 Å². The average molecular weight is 298 g/mol. The second kappa shape index (κ2) is 6.23. The first-order chi connectivity index (χ1) is 9.48. The first kappa shape index (κ1) is 15.5. The fourth-order valence-corrected chi connectivity index (χ4v) is 3.29. The summed E-state index contributed by atoms with van der Waals surface area (Å²) in [6.45, 7) is 3.99. The molecule has 0 atom stereocenters. The van der Waals surface area contributed by atoms with Gasteiger partial charge in [0.2, 0.25) is 0 Å². The van der Waals surface area contributed by atoms with Gasteiger partial charge in [-0.05, 0) is 38.8 Å². The van der Waals surface area contributed by atoms with E-state index >= 15 is 0 Å². The molecular formula is C16H24ClNO2. The van der Waals surface area contributed by atoms with Crippen molar-refractivity contribution < 1.29 is 9.47 Å². The van der Waals surface area contributed by atoms with E-state index in [4.69, 9.17) is 26.8 Å². The van der Waals surface area contributed by atoms with Gasteiger partial charge >= 0.3 is 0 Å². The minimum Gasteiger partial charge on any atom is -0.493 e. The molecule has 1 fully saturated rings. The highest BCUT2D eigenvalue weighted by Gasteiger charge is 2.35. The molecule has 0 aliphatic heterocycles. The minimum atomic E-state index is -0.409. The predicted octanol–water partition coefficient (Wildman–Crippen LogP) is 4.25. The summed E-state index contributed by atoms with van der Waals surface area (Å²) in [7, 11) is 1.64. The topological polar surface area (TPSA) is 44.5 Å². The number of halogens is 1. The molecule has 0 saturated heterocycles. The van der Waals surface area contributed by atoms with E-state index in [2.05, 4.69) is 0 Å². The summed E-state index contributed by atoms with van der Waals surface area (Å²) in [5.41, 5.74) is 7.16. The molecule has 1 saturated carbocycles. The molecule has 2 N–H and O–H groups in total. The largest absolute Gasteiger partial charge is 0.493 e. The molecule has 0 heterocycles. The molecule has 3 nitrogen and oxygen atoms in total. The fraction of sp³-hybridized carbons (Fsp3) is 0.625. The van der Waals surface area contributed by atoms with Crippen LogP contribution in [0, 0.1) is 0 Å². The maximum atomic E-state index is 6.66. The van der Waals surface area contributed by atoms with Crippen molar-refractivity contribution in [2.75, 3.05) is 7.11 Å². The molecule has 1 aromatic carbocycles. The van der Waals surface area contributed by atoms with Crippen molar-refractivity contribution in [3.63, 3.8) is 0 Å². The number of methoxy groups -OCH3 is 1. The van der Waals surface area contributed by atoms with E-state index in [1.165, 1.54) is 6.42 Å². The Bertz CT molecular complexity index is 468. The smallest absolute Gasteiger partial charge is 0.168 e. The zero-order chi connectivity index (χ0) is 14.8. The Morgan fingerprint density at radius 1 is 1.20 bits per heavy atom. The SMILES string of the molecule is COc1ccc(Cl)c(C2(N)CCCCC2)c1OC(C)C. The van der Waals surface area contributed by atoms with E-state index in [1.807, 2.05) is 26.0 Å². The van der Waals surface area contributed by atoms with Crippen LogP contribution in [-0.4, -0.2) is 13.2 Å². The Balaban J connectivity index is 2.53. The molecule has 1 aliphatic rings. The van der Waals surface area contributed by atoms with E-state index in [-0.39, 0.29) is 6.10 Å². The third kappa shape index (κ3) is 3.04. The van der Waals surface area contributed by atoms with Gasteiger partial charge in [0, 0.05) is 16.1 Å².